The van der Waals surface area contributed by atoms with Gasteiger partial charge in [-0.15, -0.1) is 0 Å². The standard InChI is InChI=1S/C13H15ClO4/c14-9-5-4-8(10(15)11(9)16)13(12(17)18)6-2-1-3-7-13/h4-5,15-16H,1-3,6-7H2,(H,17,18). The van der Waals surface area contributed by atoms with Crippen molar-refractivity contribution in [2.75, 3.05) is 0 Å². The van der Waals surface area contributed by atoms with Crippen LogP contribution in [0.1, 0.15) is 37.7 Å². The molecule has 4 nitrogen and oxygen atoms in total. The number of rotatable bonds is 2. The number of benzene rings is 1. The molecule has 1 aliphatic rings. The number of aliphatic carboxylic acids is 1. The third-order valence-corrected chi connectivity index (χ3v) is 4.04. The Hall–Kier alpha value is -1.42. The zero-order valence-electron chi connectivity index (χ0n) is 9.82. The molecule has 1 aromatic rings. The Kier molecular flexibility index (Phi) is 3.39. The Balaban J connectivity index is 2.56. The summed E-state index contributed by atoms with van der Waals surface area (Å²) in [5.41, 5.74) is -0.846. The Morgan fingerprint density at radius 3 is 2.28 bits per heavy atom. The molecule has 0 atom stereocenters. The maximum atomic E-state index is 11.6. The van der Waals surface area contributed by atoms with Gasteiger partial charge < -0.3 is 15.3 Å². The fourth-order valence-corrected chi connectivity index (χ4v) is 2.85. The van der Waals surface area contributed by atoms with Gasteiger partial charge in [0.2, 0.25) is 0 Å². The normalized spacial score (nSPS) is 18.5. The first kappa shape index (κ1) is 13.0. The molecule has 1 aromatic carbocycles. The van der Waals surface area contributed by atoms with Crippen molar-refractivity contribution < 1.29 is 20.1 Å². The number of aromatic hydroxyl groups is 2. The first-order valence-corrected chi connectivity index (χ1v) is 6.31. The van der Waals surface area contributed by atoms with Gasteiger partial charge in [-0.1, -0.05) is 36.9 Å². The zero-order chi connectivity index (χ0) is 13.3. The van der Waals surface area contributed by atoms with Crippen molar-refractivity contribution in [1.82, 2.24) is 0 Å². The Bertz CT molecular complexity index is 478. The number of carboxylic acid groups (broad SMARTS) is 1. The van der Waals surface area contributed by atoms with Crippen molar-refractivity contribution in [3.05, 3.63) is 22.7 Å². The van der Waals surface area contributed by atoms with Crippen LogP contribution in [0, 0.1) is 0 Å². The van der Waals surface area contributed by atoms with E-state index in [1.165, 1.54) is 12.1 Å². The molecule has 0 saturated heterocycles. The molecule has 3 N–H and O–H groups in total. The van der Waals surface area contributed by atoms with Crippen LogP contribution in [0.2, 0.25) is 5.02 Å². The molecule has 0 aliphatic heterocycles. The topological polar surface area (TPSA) is 77.8 Å². The first-order valence-electron chi connectivity index (χ1n) is 5.93. The van der Waals surface area contributed by atoms with Crippen molar-refractivity contribution in [3.63, 3.8) is 0 Å². The molecule has 1 aliphatic carbocycles. The fraction of sp³-hybridized carbons (Fsp3) is 0.462. The number of carbonyl (C=O) groups is 1. The minimum absolute atomic E-state index is 0.0209. The quantitative estimate of drug-likeness (QED) is 0.722. The van der Waals surface area contributed by atoms with Crippen LogP contribution in [0.15, 0.2) is 12.1 Å². The van der Waals surface area contributed by atoms with E-state index in [0.717, 1.165) is 19.3 Å². The predicted molar refractivity (Wildman–Crippen MR) is 67.2 cm³/mol. The van der Waals surface area contributed by atoms with Crippen LogP contribution >= 0.6 is 11.6 Å². The van der Waals surface area contributed by atoms with E-state index in [1.807, 2.05) is 0 Å². The molecule has 0 aromatic heterocycles. The minimum Gasteiger partial charge on any atom is -0.504 e. The zero-order valence-corrected chi connectivity index (χ0v) is 10.6. The largest absolute Gasteiger partial charge is 0.504 e. The summed E-state index contributed by atoms with van der Waals surface area (Å²) in [5.74, 6) is -1.81. The number of hydrogen-bond acceptors (Lipinski definition) is 3. The van der Waals surface area contributed by atoms with Crippen molar-refractivity contribution >= 4 is 17.6 Å². The molecule has 0 bridgehead atoms. The summed E-state index contributed by atoms with van der Waals surface area (Å²) < 4.78 is 0. The molecule has 98 valence electrons. The number of hydrogen-bond donors (Lipinski definition) is 3. The summed E-state index contributed by atoms with van der Waals surface area (Å²) >= 11 is 5.69. The SMILES string of the molecule is O=C(O)C1(c2ccc(Cl)c(O)c2O)CCCCC1. The van der Waals surface area contributed by atoms with E-state index < -0.39 is 22.9 Å². The van der Waals surface area contributed by atoms with Crippen LogP contribution in [-0.2, 0) is 10.2 Å². The van der Waals surface area contributed by atoms with Gasteiger partial charge in [0.15, 0.2) is 11.5 Å². The maximum Gasteiger partial charge on any atom is 0.314 e. The summed E-state index contributed by atoms with van der Waals surface area (Å²) in [6.07, 6.45) is 3.54. The van der Waals surface area contributed by atoms with Gasteiger partial charge in [-0.25, -0.2) is 0 Å². The van der Waals surface area contributed by atoms with Crippen LogP contribution in [0.4, 0.5) is 0 Å². The molecular weight excluding hydrogens is 256 g/mol. The van der Waals surface area contributed by atoms with E-state index in [-0.39, 0.29) is 10.6 Å². The van der Waals surface area contributed by atoms with Gasteiger partial charge in [0.25, 0.3) is 0 Å². The lowest BCUT2D eigenvalue weighted by atomic mass is 9.69. The smallest absolute Gasteiger partial charge is 0.314 e. The predicted octanol–water partition coefficient (Wildman–Crippen LogP) is 3.04. The van der Waals surface area contributed by atoms with Crippen molar-refractivity contribution in [2.45, 2.75) is 37.5 Å². The van der Waals surface area contributed by atoms with Gasteiger partial charge in [-0.3, -0.25) is 4.79 Å². The summed E-state index contributed by atoms with van der Waals surface area (Å²) in [7, 11) is 0. The molecule has 0 spiro atoms. The van der Waals surface area contributed by atoms with E-state index >= 15 is 0 Å². The van der Waals surface area contributed by atoms with Gasteiger partial charge in [-0.05, 0) is 18.9 Å². The second-order valence-corrected chi connectivity index (χ2v) is 5.15. The number of carboxylic acids is 1. The molecule has 1 fully saturated rings. The second kappa shape index (κ2) is 4.69. The highest BCUT2D eigenvalue weighted by Crippen LogP contribution is 2.47. The van der Waals surface area contributed by atoms with Crippen LogP contribution in [0.3, 0.4) is 0 Å². The van der Waals surface area contributed by atoms with E-state index in [9.17, 15) is 20.1 Å². The third-order valence-electron chi connectivity index (χ3n) is 3.73. The molecule has 0 amide bonds. The fourth-order valence-electron chi connectivity index (χ4n) is 2.69. The lowest BCUT2D eigenvalue weighted by molar-refractivity contribution is -0.145. The highest BCUT2D eigenvalue weighted by atomic mass is 35.5. The number of phenols is 2. The van der Waals surface area contributed by atoms with Gasteiger partial charge in [-0.2, -0.15) is 0 Å². The van der Waals surface area contributed by atoms with E-state index in [2.05, 4.69) is 0 Å². The lowest BCUT2D eigenvalue weighted by Crippen LogP contribution is -2.37. The molecule has 1 saturated carbocycles. The lowest BCUT2D eigenvalue weighted by Gasteiger charge is -2.34. The van der Waals surface area contributed by atoms with Gasteiger partial charge in [0, 0.05) is 5.56 Å². The van der Waals surface area contributed by atoms with Crippen molar-refractivity contribution in [2.24, 2.45) is 0 Å². The Labute approximate surface area is 110 Å². The monoisotopic (exact) mass is 270 g/mol. The van der Waals surface area contributed by atoms with Crippen LogP contribution in [0.25, 0.3) is 0 Å². The van der Waals surface area contributed by atoms with E-state index in [0.29, 0.717) is 12.8 Å². The van der Waals surface area contributed by atoms with Crippen LogP contribution in [-0.4, -0.2) is 21.3 Å². The summed E-state index contributed by atoms with van der Waals surface area (Å²) in [5, 5.41) is 29.1. The van der Waals surface area contributed by atoms with Gasteiger partial charge in [0.1, 0.15) is 0 Å². The van der Waals surface area contributed by atoms with Gasteiger partial charge >= 0.3 is 5.97 Å². The van der Waals surface area contributed by atoms with Crippen LogP contribution in [0.5, 0.6) is 11.5 Å². The average Bonchev–Trinajstić information content (AvgIpc) is 2.37. The molecule has 2 rings (SSSR count). The maximum absolute atomic E-state index is 11.6. The molecular formula is C13H15ClO4. The Morgan fingerprint density at radius 1 is 1.11 bits per heavy atom. The van der Waals surface area contributed by atoms with Crippen LogP contribution < -0.4 is 0 Å². The molecule has 0 unspecified atom stereocenters. The number of phenolic OH excluding ortho intramolecular Hbond substituents is 2. The second-order valence-electron chi connectivity index (χ2n) is 4.74. The molecule has 18 heavy (non-hydrogen) atoms. The van der Waals surface area contributed by atoms with Crippen molar-refractivity contribution in [3.8, 4) is 11.5 Å². The average molecular weight is 271 g/mol. The highest BCUT2D eigenvalue weighted by Gasteiger charge is 2.43. The minimum atomic E-state index is -1.11. The Morgan fingerprint density at radius 2 is 1.72 bits per heavy atom. The molecule has 0 radical (unpaired) electrons. The number of halogens is 1. The molecule has 0 heterocycles. The first-order chi connectivity index (χ1) is 8.49. The third kappa shape index (κ3) is 1.90. The molecule has 5 heteroatoms. The summed E-state index contributed by atoms with van der Waals surface area (Å²) in [6.45, 7) is 0. The van der Waals surface area contributed by atoms with Gasteiger partial charge in [0.05, 0.1) is 10.4 Å². The summed E-state index contributed by atoms with van der Waals surface area (Å²) in [4.78, 5) is 11.6. The van der Waals surface area contributed by atoms with Crippen molar-refractivity contribution in [1.29, 1.82) is 0 Å². The van der Waals surface area contributed by atoms with E-state index in [1.54, 1.807) is 0 Å². The summed E-state index contributed by atoms with van der Waals surface area (Å²) in [6, 6.07) is 2.92. The highest BCUT2D eigenvalue weighted by molar-refractivity contribution is 6.32. The van der Waals surface area contributed by atoms with E-state index in [4.69, 9.17) is 11.6 Å².